The molecule has 3 rings (SSSR count). The monoisotopic (exact) mass is 277 g/mol. The third kappa shape index (κ3) is 2.61. The van der Waals surface area contributed by atoms with Crippen molar-refractivity contribution in [1.29, 1.82) is 0 Å². The first-order valence-electron chi connectivity index (χ1n) is 6.59. The van der Waals surface area contributed by atoms with Crippen LogP contribution in [0.5, 0.6) is 0 Å². The molecule has 0 unspecified atom stereocenters. The summed E-state index contributed by atoms with van der Waals surface area (Å²) in [6.07, 6.45) is 0. The molecule has 0 aromatic heterocycles. The first-order chi connectivity index (χ1) is 9.86. The molecule has 3 aromatic rings. The number of rotatable bonds is 3. The van der Waals surface area contributed by atoms with Crippen LogP contribution in [0.2, 0.25) is 5.02 Å². The predicted octanol–water partition coefficient (Wildman–Crippen LogP) is 5.36. The molecule has 20 heavy (non-hydrogen) atoms. The van der Waals surface area contributed by atoms with Crippen molar-refractivity contribution in [3.8, 4) is 0 Å². The van der Waals surface area contributed by atoms with E-state index in [9.17, 15) is 0 Å². The fourth-order valence-electron chi connectivity index (χ4n) is 2.35. The van der Waals surface area contributed by atoms with E-state index in [0.29, 0.717) is 0 Å². The van der Waals surface area contributed by atoms with E-state index in [1.165, 1.54) is 11.1 Å². The lowest BCUT2D eigenvalue weighted by Gasteiger charge is -2.19. The summed E-state index contributed by atoms with van der Waals surface area (Å²) in [5.74, 6) is 1.16. The largest absolute Gasteiger partial charge is 0.0840 e. The van der Waals surface area contributed by atoms with E-state index in [-0.39, 0.29) is 0 Å². The van der Waals surface area contributed by atoms with Gasteiger partial charge in [-0.05, 0) is 22.8 Å². The van der Waals surface area contributed by atoms with Crippen molar-refractivity contribution in [1.82, 2.24) is 0 Å². The highest BCUT2D eigenvalue weighted by Gasteiger charge is 2.19. The van der Waals surface area contributed by atoms with Crippen molar-refractivity contribution in [2.45, 2.75) is 0 Å². The van der Waals surface area contributed by atoms with Crippen LogP contribution in [-0.4, -0.2) is 0 Å². The van der Waals surface area contributed by atoms with Gasteiger partial charge in [-0.25, -0.2) is 0 Å². The molecule has 0 aliphatic rings. The van der Waals surface area contributed by atoms with Gasteiger partial charge in [0.2, 0.25) is 0 Å². The Hall–Kier alpha value is -2.05. The highest BCUT2D eigenvalue weighted by Crippen LogP contribution is 2.34. The zero-order valence-corrected chi connectivity index (χ0v) is 11.7. The van der Waals surface area contributed by atoms with Gasteiger partial charge in [-0.1, -0.05) is 90.5 Å². The maximum atomic E-state index is 6.40. The molecule has 0 heterocycles. The second-order valence-corrected chi connectivity index (χ2v) is 4.99. The summed E-state index contributed by atoms with van der Waals surface area (Å²) in [6.45, 7) is 0. The lowest BCUT2D eigenvalue weighted by Crippen LogP contribution is -2.04. The summed E-state index contributed by atoms with van der Waals surface area (Å²) < 4.78 is 0. The van der Waals surface area contributed by atoms with E-state index < -0.39 is 0 Å². The Balaban J connectivity index is 2.17. The second-order valence-electron chi connectivity index (χ2n) is 4.59. The van der Waals surface area contributed by atoms with Crippen LogP contribution in [0.25, 0.3) is 0 Å². The molecule has 97 valence electrons. The summed E-state index contributed by atoms with van der Waals surface area (Å²) in [4.78, 5) is 0. The number of halogens is 1. The maximum Gasteiger partial charge on any atom is 0.0644 e. The Labute approximate surface area is 124 Å². The number of benzene rings is 3. The van der Waals surface area contributed by atoms with E-state index in [0.717, 1.165) is 16.5 Å². The fraction of sp³-hybridized carbons (Fsp3) is 0. The number of hydrogen-bond donors (Lipinski definition) is 0. The molecular formula is C19H14Cl. The first-order valence-corrected chi connectivity index (χ1v) is 6.97. The Morgan fingerprint density at radius 3 is 1.50 bits per heavy atom. The SMILES string of the molecule is Clc1ccccc1[C](c1ccccc1)c1ccccc1. The molecule has 3 aromatic carbocycles. The topological polar surface area (TPSA) is 0 Å². The Morgan fingerprint density at radius 1 is 0.550 bits per heavy atom. The second kappa shape index (κ2) is 5.94. The van der Waals surface area contributed by atoms with Gasteiger partial charge in [0.05, 0.1) is 5.92 Å². The molecule has 1 radical (unpaired) electrons. The smallest absolute Gasteiger partial charge is 0.0644 e. The van der Waals surface area contributed by atoms with E-state index in [1.807, 2.05) is 30.3 Å². The normalized spacial score (nSPS) is 10.7. The third-order valence-corrected chi connectivity index (χ3v) is 3.60. The standard InChI is InChI=1S/C19H14Cl/c20-18-14-8-7-13-17(18)19(15-9-3-1-4-10-15)16-11-5-2-6-12-16/h1-14H. The van der Waals surface area contributed by atoms with Crippen LogP contribution in [0.15, 0.2) is 84.9 Å². The summed E-state index contributed by atoms with van der Waals surface area (Å²) in [5.41, 5.74) is 3.41. The molecular weight excluding hydrogens is 264 g/mol. The van der Waals surface area contributed by atoms with Gasteiger partial charge in [0.15, 0.2) is 0 Å². The van der Waals surface area contributed by atoms with Crippen molar-refractivity contribution in [2.24, 2.45) is 0 Å². The van der Waals surface area contributed by atoms with Crippen LogP contribution in [0.1, 0.15) is 16.7 Å². The van der Waals surface area contributed by atoms with Gasteiger partial charge in [-0.2, -0.15) is 0 Å². The van der Waals surface area contributed by atoms with Crippen LogP contribution in [0.3, 0.4) is 0 Å². The lowest BCUT2D eigenvalue weighted by molar-refractivity contribution is 1.23. The van der Waals surface area contributed by atoms with Crippen LogP contribution in [0, 0.1) is 5.92 Å². The average Bonchev–Trinajstić information content (AvgIpc) is 2.52. The van der Waals surface area contributed by atoms with Crippen molar-refractivity contribution in [2.75, 3.05) is 0 Å². The molecule has 0 fully saturated rings. The zero-order chi connectivity index (χ0) is 13.8. The molecule has 0 aliphatic carbocycles. The van der Waals surface area contributed by atoms with Gasteiger partial charge in [0.1, 0.15) is 0 Å². The zero-order valence-electron chi connectivity index (χ0n) is 11.0. The molecule has 0 nitrogen and oxygen atoms in total. The molecule has 0 saturated carbocycles. The number of hydrogen-bond acceptors (Lipinski definition) is 0. The van der Waals surface area contributed by atoms with Gasteiger partial charge < -0.3 is 0 Å². The lowest BCUT2D eigenvalue weighted by atomic mass is 9.85. The van der Waals surface area contributed by atoms with Crippen molar-refractivity contribution in [3.05, 3.63) is 113 Å². The molecule has 0 spiro atoms. The van der Waals surface area contributed by atoms with Crippen molar-refractivity contribution < 1.29 is 0 Å². The molecule has 1 heteroatoms. The van der Waals surface area contributed by atoms with Crippen molar-refractivity contribution >= 4 is 11.6 Å². The predicted molar refractivity (Wildman–Crippen MR) is 84.9 cm³/mol. The maximum absolute atomic E-state index is 6.40. The molecule has 0 saturated heterocycles. The minimum Gasteiger partial charge on any atom is -0.0840 e. The van der Waals surface area contributed by atoms with Crippen molar-refractivity contribution in [3.63, 3.8) is 0 Å². The Morgan fingerprint density at radius 2 is 1.00 bits per heavy atom. The highest BCUT2D eigenvalue weighted by atomic mass is 35.5. The Kier molecular flexibility index (Phi) is 3.85. The molecule has 0 atom stereocenters. The van der Waals surface area contributed by atoms with Gasteiger partial charge in [0, 0.05) is 5.02 Å². The van der Waals surface area contributed by atoms with Gasteiger partial charge in [-0.15, -0.1) is 0 Å². The molecule has 0 aliphatic heterocycles. The minimum absolute atomic E-state index is 0.773. The van der Waals surface area contributed by atoms with Crippen LogP contribution in [0.4, 0.5) is 0 Å². The van der Waals surface area contributed by atoms with Gasteiger partial charge in [0.25, 0.3) is 0 Å². The quantitative estimate of drug-likeness (QED) is 0.566. The van der Waals surface area contributed by atoms with E-state index in [1.54, 1.807) is 0 Å². The van der Waals surface area contributed by atoms with Crippen LogP contribution < -0.4 is 0 Å². The van der Waals surface area contributed by atoms with Crippen LogP contribution >= 0.6 is 11.6 Å². The first kappa shape index (κ1) is 13.0. The summed E-state index contributed by atoms with van der Waals surface area (Å²) in [7, 11) is 0. The summed E-state index contributed by atoms with van der Waals surface area (Å²) in [6, 6.07) is 28.7. The highest BCUT2D eigenvalue weighted by molar-refractivity contribution is 6.31. The fourth-order valence-corrected chi connectivity index (χ4v) is 2.58. The summed E-state index contributed by atoms with van der Waals surface area (Å²) in [5, 5.41) is 0.773. The van der Waals surface area contributed by atoms with Gasteiger partial charge >= 0.3 is 0 Å². The van der Waals surface area contributed by atoms with E-state index in [2.05, 4.69) is 54.6 Å². The molecule has 0 N–H and O–H groups in total. The molecule has 0 amide bonds. The van der Waals surface area contributed by atoms with Gasteiger partial charge in [-0.3, -0.25) is 0 Å². The van der Waals surface area contributed by atoms with Crippen LogP contribution in [-0.2, 0) is 0 Å². The Bertz CT molecular complexity index is 635. The molecule has 0 bridgehead atoms. The van der Waals surface area contributed by atoms with E-state index >= 15 is 0 Å². The van der Waals surface area contributed by atoms with E-state index in [4.69, 9.17) is 11.6 Å². The third-order valence-electron chi connectivity index (χ3n) is 3.27. The minimum atomic E-state index is 0.773. The average molecular weight is 278 g/mol. The summed E-state index contributed by atoms with van der Waals surface area (Å²) >= 11 is 6.40.